The van der Waals surface area contributed by atoms with Crippen molar-refractivity contribution in [3.8, 4) is 17.2 Å². The zero-order valence-corrected chi connectivity index (χ0v) is 16.0. The van der Waals surface area contributed by atoms with E-state index in [9.17, 15) is 10.1 Å². The highest BCUT2D eigenvalue weighted by molar-refractivity contribution is 5.80. The molecule has 29 heavy (non-hydrogen) atoms. The van der Waals surface area contributed by atoms with Gasteiger partial charge in [-0.3, -0.25) is 14.8 Å². The molecule has 0 fully saturated rings. The summed E-state index contributed by atoms with van der Waals surface area (Å²) in [6.07, 6.45) is 1.80. The molecule has 4 rings (SSSR count). The summed E-state index contributed by atoms with van der Waals surface area (Å²) >= 11 is 0. The van der Waals surface area contributed by atoms with Gasteiger partial charge in [0.05, 0.1) is 30.3 Å². The van der Waals surface area contributed by atoms with Crippen LogP contribution in [-0.4, -0.2) is 21.8 Å². The third kappa shape index (κ3) is 3.89. The number of nitro groups is 1. The molecule has 0 amide bonds. The summed E-state index contributed by atoms with van der Waals surface area (Å²) in [4.78, 5) is 10.5. The van der Waals surface area contributed by atoms with Crippen LogP contribution in [0.15, 0.2) is 66.9 Å². The Bertz CT molecular complexity index is 1180. The average Bonchev–Trinajstić information content (AvgIpc) is 3.12. The van der Waals surface area contributed by atoms with E-state index in [2.05, 4.69) is 5.10 Å². The highest BCUT2D eigenvalue weighted by Crippen LogP contribution is 2.30. The molecular weight excluding hydrogens is 370 g/mol. The molecule has 0 saturated heterocycles. The van der Waals surface area contributed by atoms with Crippen molar-refractivity contribution in [2.75, 3.05) is 7.11 Å². The van der Waals surface area contributed by atoms with Crippen LogP contribution in [0.25, 0.3) is 10.9 Å². The Balaban J connectivity index is 1.55. The predicted molar refractivity (Wildman–Crippen MR) is 110 cm³/mol. The zero-order valence-electron chi connectivity index (χ0n) is 16.0. The monoisotopic (exact) mass is 389 g/mol. The fourth-order valence-electron chi connectivity index (χ4n) is 3.15. The van der Waals surface area contributed by atoms with Crippen LogP contribution < -0.4 is 9.47 Å². The first-order valence-corrected chi connectivity index (χ1v) is 9.05. The van der Waals surface area contributed by atoms with Gasteiger partial charge in [-0.25, -0.2) is 0 Å². The Morgan fingerprint density at radius 2 is 1.79 bits per heavy atom. The summed E-state index contributed by atoms with van der Waals surface area (Å²) in [5.41, 5.74) is 2.87. The number of fused-ring (bicyclic) bond motifs is 1. The van der Waals surface area contributed by atoms with E-state index in [0.29, 0.717) is 23.6 Å². The quantitative estimate of drug-likeness (QED) is 0.338. The summed E-state index contributed by atoms with van der Waals surface area (Å²) < 4.78 is 13.1. The molecule has 3 aromatic carbocycles. The number of benzene rings is 3. The molecule has 0 N–H and O–H groups in total. The van der Waals surface area contributed by atoms with Crippen molar-refractivity contribution in [3.63, 3.8) is 0 Å². The van der Waals surface area contributed by atoms with Crippen LogP contribution in [0.5, 0.6) is 17.2 Å². The second-order valence-corrected chi connectivity index (χ2v) is 6.68. The maximum atomic E-state index is 10.9. The molecule has 7 nitrogen and oxygen atoms in total. The molecule has 0 saturated carbocycles. The van der Waals surface area contributed by atoms with Gasteiger partial charge >= 0.3 is 0 Å². The van der Waals surface area contributed by atoms with Crippen molar-refractivity contribution in [2.24, 2.45) is 0 Å². The largest absolute Gasteiger partial charge is 0.497 e. The Morgan fingerprint density at radius 1 is 1.03 bits per heavy atom. The second kappa shape index (κ2) is 7.63. The number of hydrogen-bond donors (Lipinski definition) is 0. The predicted octanol–water partition coefficient (Wildman–Crippen LogP) is 5.10. The van der Waals surface area contributed by atoms with E-state index in [-0.39, 0.29) is 5.69 Å². The third-order valence-electron chi connectivity index (χ3n) is 4.70. The van der Waals surface area contributed by atoms with Crippen molar-refractivity contribution >= 4 is 16.6 Å². The molecule has 0 aliphatic rings. The number of methoxy groups -OCH3 is 1. The lowest BCUT2D eigenvalue weighted by molar-refractivity contribution is -0.384. The first-order chi connectivity index (χ1) is 14.0. The van der Waals surface area contributed by atoms with Crippen LogP contribution >= 0.6 is 0 Å². The van der Waals surface area contributed by atoms with Crippen LogP contribution in [0.2, 0.25) is 0 Å². The molecule has 0 spiro atoms. The third-order valence-corrected chi connectivity index (χ3v) is 4.70. The summed E-state index contributed by atoms with van der Waals surface area (Å²) in [6, 6.07) is 18.2. The Labute approximate surface area is 167 Å². The highest BCUT2D eigenvalue weighted by Gasteiger charge is 2.11. The highest BCUT2D eigenvalue weighted by atomic mass is 16.6. The zero-order chi connectivity index (χ0) is 20.4. The van der Waals surface area contributed by atoms with E-state index < -0.39 is 4.92 Å². The van der Waals surface area contributed by atoms with E-state index >= 15 is 0 Å². The summed E-state index contributed by atoms with van der Waals surface area (Å²) in [7, 11) is 1.65. The minimum Gasteiger partial charge on any atom is -0.497 e. The minimum absolute atomic E-state index is 0.0464. The van der Waals surface area contributed by atoms with Crippen LogP contribution in [0.3, 0.4) is 0 Å². The molecule has 0 aliphatic heterocycles. The summed E-state index contributed by atoms with van der Waals surface area (Å²) in [5, 5.41) is 16.3. The van der Waals surface area contributed by atoms with Crippen molar-refractivity contribution < 1.29 is 14.4 Å². The minimum atomic E-state index is -0.417. The first kappa shape index (κ1) is 18.5. The Kier molecular flexibility index (Phi) is 4.87. The van der Waals surface area contributed by atoms with Gasteiger partial charge in [0.1, 0.15) is 17.2 Å². The van der Waals surface area contributed by atoms with E-state index in [4.69, 9.17) is 9.47 Å². The lowest BCUT2D eigenvalue weighted by Gasteiger charge is -2.09. The molecule has 0 unspecified atom stereocenters. The maximum Gasteiger partial charge on any atom is 0.269 e. The van der Waals surface area contributed by atoms with Crippen molar-refractivity contribution in [1.82, 2.24) is 9.78 Å². The fourth-order valence-corrected chi connectivity index (χ4v) is 3.15. The number of nitrogens with zero attached hydrogens (tertiary/aromatic N) is 3. The van der Waals surface area contributed by atoms with Crippen LogP contribution in [0.4, 0.5) is 5.69 Å². The molecule has 1 heterocycles. The first-order valence-electron chi connectivity index (χ1n) is 9.05. The number of nitro benzene ring substituents is 1. The molecule has 4 aromatic rings. The second-order valence-electron chi connectivity index (χ2n) is 6.68. The number of hydrogen-bond acceptors (Lipinski definition) is 5. The van der Waals surface area contributed by atoms with Crippen LogP contribution in [-0.2, 0) is 6.54 Å². The molecule has 0 radical (unpaired) electrons. The molecule has 1 aromatic heterocycles. The van der Waals surface area contributed by atoms with Gasteiger partial charge in [0, 0.05) is 17.5 Å². The van der Waals surface area contributed by atoms with E-state index in [1.54, 1.807) is 26.3 Å². The van der Waals surface area contributed by atoms with Gasteiger partial charge < -0.3 is 9.47 Å². The SMILES string of the molecule is COc1ccc(Cn2ncc3cc(Oc4ccc([N+](=O)[O-])cc4C)ccc32)cc1. The summed E-state index contributed by atoms with van der Waals surface area (Å²) in [6.45, 7) is 2.43. The summed E-state index contributed by atoms with van der Waals surface area (Å²) in [5.74, 6) is 2.06. The number of rotatable bonds is 6. The maximum absolute atomic E-state index is 10.9. The number of non-ortho nitro benzene ring substituents is 1. The number of aryl methyl sites for hydroxylation is 1. The average molecular weight is 389 g/mol. The molecule has 146 valence electrons. The lowest BCUT2D eigenvalue weighted by Crippen LogP contribution is -2.01. The van der Waals surface area contributed by atoms with Gasteiger partial charge in [-0.2, -0.15) is 5.10 Å². The van der Waals surface area contributed by atoms with Crippen LogP contribution in [0.1, 0.15) is 11.1 Å². The van der Waals surface area contributed by atoms with Crippen molar-refractivity contribution in [2.45, 2.75) is 13.5 Å². The lowest BCUT2D eigenvalue weighted by atomic mass is 10.2. The molecular formula is C22H19N3O4. The van der Waals surface area contributed by atoms with Gasteiger partial charge in [0.25, 0.3) is 5.69 Å². The van der Waals surface area contributed by atoms with Gasteiger partial charge in [0.2, 0.25) is 0 Å². The van der Waals surface area contributed by atoms with Gasteiger partial charge in [0.15, 0.2) is 0 Å². The molecule has 0 bridgehead atoms. The van der Waals surface area contributed by atoms with Crippen molar-refractivity contribution in [1.29, 1.82) is 0 Å². The van der Waals surface area contributed by atoms with Gasteiger partial charge in [-0.05, 0) is 54.4 Å². The van der Waals surface area contributed by atoms with Gasteiger partial charge in [-0.15, -0.1) is 0 Å². The van der Waals surface area contributed by atoms with Crippen molar-refractivity contribution in [3.05, 3.63) is 88.1 Å². The molecule has 0 atom stereocenters. The standard InChI is InChI=1S/C22H19N3O4/c1-15-11-18(25(26)27)5-10-22(15)29-20-8-9-21-17(12-20)13-23-24(21)14-16-3-6-19(28-2)7-4-16/h3-13H,14H2,1-2H3. The fraction of sp³-hybridized carbons (Fsp3) is 0.136. The molecule has 7 heteroatoms. The van der Waals surface area contributed by atoms with Gasteiger partial charge in [-0.1, -0.05) is 12.1 Å². The molecule has 0 aliphatic carbocycles. The smallest absolute Gasteiger partial charge is 0.269 e. The number of aromatic nitrogens is 2. The van der Waals surface area contributed by atoms with E-state index in [0.717, 1.165) is 22.2 Å². The van der Waals surface area contributed by atoms with Crippen LogP contribution in [0, 0.1) is 17.0 Å². The van der Waals surface area contributed by atoms with E-state index in [1.165, 1.54) is 12.1 Å². The normalized spacial score (nSPS) is 10.8. The van der Waals surface area contributed by atoms with E-state index in [1.807, 2.05) is 47.1 Å². The Hall–Kier alpha value is -3.87. The number of ether oxygens (including phenoxy) is 2. The Morgan fingerprint density at radius 3 is 2.48 bits per heavy atom. The topological polar surface area (TPSA) is 79.4 Å².